The Balaban J connectivity index is 3.20. The molecule has 0 unspecified atom stereocenters. The maximum atomic E-state index is 8.89. The van der Waals surface area contributed by atoms with Gasteiger partial charge in [0.25, 0.3) is 0 Å². The Bertz CT molecular complexity index is 284. The molecule has 2 nitrogen and oxygen atoms in total. The van der Waals surface area contributed by atoms with Crippen molar-refractivity contribution in [3.05, 3.63) is 23.8 Å². The number of terminal acetylenes is 1. The minimum Gasteiger partial charge on any atom is -0.504 e. The molecule has 2 N–H and O–H groups in total. The van der Waals surface area contributed by atoms with Gasteiger partial charge in [-0.2, -0.15) is 0 Å². The number of hydrogen-bond acceptors (Lipinski definition) is 2. The molecule has 0 amide bonds. The Morgan fingerprint density at radius 1 is 1.20 bits per heavy atom. The van der Waals surface area contributed by atoms with Crippen molar-refractivity contribution in [2.24, 2.45) is 0 Å². The predicted octanol–water partition coefficient (Wildman–Crippen LogP) is 1.08. The van der Waals surface area contributed by atoms with Crippen LogP contribution in [0.25, 0.3) is 0 Å². The average Bonchev–Trinajstić information content (AvgIpc) is 1.95. The zero-order chi connectivity index (χ0) is 7.56. The van der Waals surface area contributed by atoms with E-state index in [0.29, 0.717) is 5.56 Å². The Morgan fingerprint density at radius 3 is 2.40 bits per heavy atom. The van der Waals surface area contributed by atoms with Gasteiger partial charge in [0.2, 0.25) is 0 Å². The summed E-state index contributed by atoms with van der Waals surface area (Å²) < 4.78 is 0. The standard InChI is InChI=1S/C8H6O2/c1-2-6-3-4-7(9)8(10)5-6/h1,3-5,9-10H. The van der Waals surface area contributed by atoms with Crippen LogP contribution in [0.5, 0.6) is 11.5 Å². The monoisotopic (exact) mass is 134 g/mol. The van der Waals surface area contributed by atoms with E-state index < -0.39 is 0 Å². The van der Waals surface area contributed by atoms with E-state index in [2.05, 4.69) is 5.92 Å². The van der Waals surface area contributed by atoms with Crippen LogP contribution in [0.1, 0.15) is 5.56 Å². The first kappa shape index (κ1) is 6.50. The first-order valence-electron chi connectivity index (χ1n) is 2.72. The minimum absolute atomic E-state index is 0.154. The van der Waals surface area contributed by atoms with E-state index in [0.717, 1.165) is 0 Å². The van der Waals surface area contributed by atoms with Gasteiger partial charge in [-0.1, -0.05) is 5.92 Å². The van der Waals surface area contributed by atoms with Gasteiger partial charge in [-0.3, -0.25) is 0 Å². The van der Waals surface area contributed by atoms with Gasteiger partial charge in [-0.05, 0) is 18.2 Å². The molecule has 0 radical (unpaired) electrons. The van der Waals surface area contributed by atoms with E-state index >= 15 is 0 Å². The third kappa shape index (κ3) is 1.03. The summed E-state index contributed by atoms with van der Waals surface area (Å²) in [5.41, 5.74) is 0.551. The van der Waals surface area contributed by atoms with Crippen molar-refractivity contribution in [1.82, 2.24) is 0 Å². The SMILES string of the molecule is C#Cc1ccc(O)c(O)c1. The molecule has 10 heavy (non-hydrogen) atoms. The van der Waals surface area contributed by atoms with E-state index in [1.54, 1.807) is 6.07 Å². The summed E-state index contributed by atoms with van der Waals surface area (Å²) in [7, 11) is 0. The van der Waals surface area contributed by atoms with E-state index in [9.17, 15) is 0 Å². The molecular formula is C8H6O2. The normalized spacial score (nSPS) is 8.70. The summed E-state index contributed by atoms with van der Waals surface area (Å²) in [5, 5.41) is 17.7. The summed E-state index contributed by atoms with van der Waals surface area (Å²) in [4.78, 5) is 0. The topological polar surface area (TPSA) is 40.5 Å². The molecule has 1 aromatic carbocycles. The predicted molar refractivity (Wildman–Crippen MR) is 37.7 cm³/mol. The summed E-state index contributed by atoms with van der Waals surface area (Å²) in [6.45, 7) is 0. The molecule has 0 spiro atoms. The highest BCUT2D eigenvalue weighted by Gasteiger charge is 1.96. The zero-order valence-corrected chi connectivity index (χ0v) is 5.20. The van der Waals surface area contributed by atoms with Gasteiger partial charge in [0.1, 0.15) is 0 Å². The van der Waals surface area contributed by atoms with E-state index in [-0.39, 0.29) is 11.5 Å². The van der Waals surface area contributed by atoms with Crippen molar-refractivity contribution in [1.29, 1.82) is 0 Å². The molecule has 0 heterocycles. The number of benzene rings is 1. The van der Waals surface area contributed by atoms with Crippen LogP contribution in [0.4, 0.5) is 0 Å². The van der Waals surface area contributed by atoms with Crippen LogP contribution in [0, 0.1) is 12.3 Å². The Morgan fingerprint density at radius 2 is 1.90 bits per heavy atom. The minimum atomic E-state index is -0.185. The van der Waals surface area contributed by atoms with E-state index in [1.165, 1.54) is 12.1 Å². The van der Waals surface area contributed by atoms with Crippen LogP contribution in [-0.2, 0) is 0 Å². The second-order valence-electron chi connectivity index (χ2n) is 1.85. The van der Waals surface area contributed by atoms with Crippen LogP contribution in [0.2, 0.25) is 0 Å². The third-order valence-electron chi connectivity index (χ3n) is 1.14. The quantitative estimate of drug-likeness (QED) is 0.411. The lowest BCUT2D eigenvalue weighted by Crippen LogP contribution is -1.72. The Kier molecular flexibility index (Phi) is 1.51. The van der Waals surface area contributed by atoms with E-state index in [1.807, 2.05) is 0 Å². The average molecular weight is 134 g/mol. The van der Waals surface area contributed by atoms with Crippen molar-refractivity contribution in [3.63, 3.8) is 0 Å². The number of phenols is 2. The number of aromatic hydroxyl groups is 2. The van der Waals surface area contributed by atoms with Crippen LogP contribution in [0.15, 0.2) is 18.2 Å². The van der Waals surface area contributed by atoms with Crippen molar-refractivity contribution < 1.29 is 10.2 Å². The molecule has 0 atom stereocenters. The molecule has 1 rings (SSSR count). The van der Waals surface area contributed by atoms with Gasteiger partial charge in [0, 0.05) is 5.56 Å². The molecule has 50 valence electrons. The molecule has 1 aromatic rings. The van der Waals surface area contributed by atoms with Crippen molar-refractivity contribution in [3.8, 4) is 23.8 Å². The number of rotatable bonds is 0. The number of phenolic OH excluding ortho intramolecular Hbond substituents is 2. The van der Waals surface area contributed by atoms with Crippen LogP contribution < -0.4 is 0 Å². The second-order valence-corrected chi connectivity index (χ2v) is 1.85. The van der Waals surface area contributed by atoms with Gasteiger partial charge in [0.15, 0.2) is 11.5 Å². The van der Waals surface area contributed by atoms with Crippen molar-refractivity contribution >= 4 is 0 Å². The van der Waals surface area contributed by atoms with Crippen LogP contribution in [0.3, 0.4) is 0 Å². The lowest BCUT2D eigenvalue weighted by molar-refractivity contribution is 0.403. The fourth-order valence-electron chi connectivity index (χ4n) is 0.613. The smallest absolute Gasteiger partial charge is 0.158 e. The molecule has 0 saturated carbocycles. The van der Waals surface area contributed by atoms with Gasteiger partial charge >= 0.3 is 0 Å². The third-order valence-corrected chi connectivity index (χ3v) is 1.14. The molecule has 0 aliphatic carbocycles. The molecule has 0 fully saturated rings. The first-order valence-corrected chi connectivity index (χ1v) is 2.72. The zero-order valence-electron chi connectivity index (χ0n) is 5.20. The second kappa shape index (κ2) is 2.32. The fourth-order valence-corrected chi connectivity index (χ4v) is 0.613. The maximum absolute atomic E-state index is 8.89. The van der Waals surface area contributed by atoms with Crippen molar-refractivity contribution in [2.75, 3.05) is 0 Å². The van der Waals surface area contributed by atoms with Crippen LogP contribution >= 0.6 is 0 Å². The molecule has 0 aliphatic rings. The maximum Gasteiger partial charge on any atom is 0.158 e. The molecule has 0 aliphatic heterocycles. The summed E-state index contributed by atoms with van der Waals surface area (Å²) in [6.07, 6.45) is 5.03. The molecule has 0 bridgehead atoms. The van der Waals surface area contributed by atoms with E-state index in [4.69, 9.17) is 16.6 Å². The Hall–Kier alpha value is -1.62. The largest absolute Gasteiger partial charge is 0.504 e. The van der Waals surface area contributed by atoms with Crippen molar-refractivity contribution in [2.45, 2.75) is 0 Å². The highest BCUT2D eigenvalue weighted by Crippen LogP contribution is 2.24. The molecular weight excluding hydrogens is 128 g/mol. The highest BCUT2D eigenvalue weighted by molar-refractivity contribution is 5.45. The van der Waals surface area contributed by atoms with Gasteiger partial charge in [-0.15, -0.1) is 6.42 Å². The lowest BCUT2D eigenvalue weighted by Gasteiger charge is -1.95. The lowest BCUT2D eigenvalue weighted by atomic mass is 10.2. The van der Waals surface area contributed by atoms with Crippen LogP contribution in [-0.4, -0.2) is 10.2 Å². The van der Waals surface area contributed by atoms with Gasteiger partial charge in [0.05, 0.1) is 0 Å². The Labute approximate surface area is 58.7 Å². The van der Waals surface area contributed by atoms with Gasteiger partial charge in [-0.25, -0.2) is 0 Å². The molecule has 2 heteroatoms. The molecule has 0 saturated heterocycles. The van der Waals surface area contributed by atoms with Gasteiger partial charge < -0.3 is 10.2 Å². The summed E-state index contributed by atoms with van der Waals surface area (Å²) in [6, 6.07) is 4.23. The highest BCUT2D eigenvalue weighted by atomic mass is 16.3. The number of hydrogen-bond donors (Lipinski definition) is 2. The summed E-state index contributed by atoms with van der Waals surface area (Å²) >= 11 is 0. The molecule has 0 aromatic heterocycles. The summed E-state index contributed by atoms with van der Waals surface area (Å²) in [5.74, 6) is 1.99. The fraction of sp³-hybridized carbons (Fsp3) is 0. The first-order chi connectivity index (χ1) is 4.74.